The van der Waals surface area contributed by atoms with Crippen LogP contribution in [0, 0.1) is 0 Å². The van der Waals surface area contributed by atoms with Crippen molar-refractivity contribution in [3.8, 4) is 5.75 Å². The molecule has 146 valence electrons. The highest BCUT2D eigenvalue weighted by Gasteiger charge is 2.08. The Balaban J connectivity index is 1.44. The van der Waals surface area contributed by atoms with Gasteiger partial charge in [-0.05, 0) is 29.8 Å². The molecule has 2 aromatic heterocycles. The van der Waals surface area contributed by atoms with Gasteiger partial charge in [0.05, 0.1) is 25.5 Å². The molecule has 0 aliphatic heterocycles. The summed E-state index contributed by atoms with van der Waals surface area (Å²) in [6, 6.07) is 20.0. The van der Waals surface area contributed by atoms with Crippen LogP contribution in [0.5, 0.6) is 5.75 Å². The number of anilines is 4. The molecule has 0 fully saturated rings. The van der Waals surface area contributed by atoms with Crippen LogP contribution < -0.4 is 15.0 Å². The number of para-hydroxylation sites is 1. The predicted molar refractivity (Wildman–Crippen MR) is 114 cm³/mol. The van der Waals surface area contributed by atoms with Crippen molar-refractivity contribution >= 4 is 23.0 Å². The maximum Gasteiger partial charge on any atom is 0.138 e. The fourth-order valence-electron chi connectivity index (χ4n) is 2.96. The number of methoxy groups -OCH3 is 1. The van der Waals surface area contributed by atoms with Gasteiger partial charge in [0.15, 0.2) is 0 Å². The molecule has 0 aliphatic rings. The summed E-state index contributed by atoms with van der Waals surface area (Å²) in [6.07, 6.45) is 5.29. The number of rotatable bonds is 7. The molecule has 1 N–H and O–H groups in total. The fraction of sp³-hybridized carbons (Fsp3) is 0.136. The number of benzene rings is 2. The maximum atomic E-state index is 5.20. The van der Waals surface area contributed by atoms with Crippen LogP contribution in [0.4, 0.5) is 23.0 Å². The first-order chi connectivity index (χ1) is 14.2. The van der Waals surface area contributed by atoms with E-state index in [4.69, 9.17) is 4.74 Å². The second-order valence-corrected chi connectivity index (χ2v) is 6.56. The number of hydrogen-bond donors (Lipinski definition) is 1. The Labute approximate surface area is 169 Å². The minimum Gasteiger partial charge on any atom is -0.497 e. The third-order valence-corrected chi connectivity index (χ3v) is 4.55. The van der Waals surface area contributed by atoms with Crippen LogP contribution in [0.2, 0.25) is 0 Å². The van der Waals surface area contributed by atoms with Crippen LogP contribution >= 0.6 is 0 Å². The van der Waals surface area contributed by atoms with Gasteiger partial charge in [0.1, 0.15) is 23.7 Å². The summed E-state index contributed by atoms with van der Waals surface area (Å²) in [4.78, 5) is 10.7. The lowest BCUT2D eigenvalue weighted by molar-refractivity contribution is 0.414. The van der Waals surface area contributed by atoms with Crippen molar-refractivity contribution in [3.05, 3.63) is 84.9 Å². The maximum absolute atomic E-state index is 5.20. The van der Waals surface area contributed by atoms with E-state index in [0.717, 1.165) is 28.5 Å². The molecule has 0 bridgehead atoms. The normalized spacial score (nSPS) is 10.6. The van der Waals surface area contributed by atoms with E-state index in [2.05, 4.69) is 20.4 Å². The summed E-state index contributed by atoms with van der Waals surface area (Å²) in [5.74, 6) is 2.36. The average molecular weight is 386 g/mol. The van der Waals surface area contributed by atoms with Crippen molar-refractivity contribution in [2.75, 3.05) is 24.4 Å². The third kappa shape index (κ3) is 4.52. The molecule has 0 unspecified atom stereocenters. The van der Waals surface area contributed by atoms with Crippen molar-refractivity contribution in [2.24, 2.45) is 0 Å². The SMILES string of the molecule is COc1ccc(Cn2cc(Nc3cc(N(C)c4ccccc4)ncn3)cn2)cc1. The van der Waals surface area contributed by atoms with Crippen molar-refractivity contribution in [1.82, 2.24) is 19.7 Å². The van der Waals surface area contributed by atoms with Crippen LogP contribution in [-0.4, -0.2) is 33.9 Å². The molecule has 0 saturated carbocycles. The molecule has 4 aromatic rings. The Kier molecular flexibility index (Phi) is 5.38. The van der Waals surface area contributed by atoms with E-state index in [0.29, 0.717) is 12.4 Å². The van der Waals surface area contributed by atoms with E-state index >= 15 is 0 Å². The van der Waals surface area contributed by atoms with Gasteiger partial charge in [-0.2, -0.15) is 5.10 Å². The summed E-state index contributed by atoms with van der Waals surface area (Å²) in [6.45, 7) is 0.678. The number of nitrogens with one attached hydrogen (secondary N) is 1. The van der Waals surface area contributed by atoms with Crippen molar-refractivity contribution in [1.29, 1.82) is 0 Å². The van der Waals surface area contributed by atoms with E-state index in [9.17, 15) is 0 Å². The standard InChI is InChI=1S/C22H22N6O/c1-27(19-6-4-3-5-7-19)22-12-21(23-16-24-22)26-18-13-25-28(15-18)14-17-8-10-20(29-2)11-9-17/h3-13,15-16H,14H2,1-2H3,(H,23,24,26). The number of ether oxygens (including phenoxy) is 1. The highest BCUT2D eigenvalue weighted by Crippen LogP contribution is 2.23. The molecular formula is C22H22N6O. The molecule has 2 heterocycles. The molecule has 29 heavy (non-hydrogen) atoms. The first-order valence-electron chi connectivity index (χ1n) is 9.24. The zero-order valence-corrected chi connectivity index (χ0v) is 16.4. The van der Waals surface area contributed by atoms with Gasteiger partial charge in [-0.1, -0.05) is 30.3 Å². The van der Waals surface area contributed by atoms with Crippen molar-refractivity contribution in [2.45, 2.75) is 6.54 Å². The minimum absolute atomic E-state index is 0.678. The number of hydrogen-bond acceptors (Lipinski definition) is 6. The van der Waals surface area contributed by atoms with E-state index in [-0.39, 0.29) is 0 Å². The van der Waals surface area contributed by atoms with E-state index in [1.54, 1.807) is 19.6 Å². The van der Waals surface area contributed by atoms with E-state index < -0.39 is 0 Å². The summed E-state index contributed by atoms with van der Waals surface area (Å²) in [7, 11) is 3.64. The summed E-state index contributed by atoms with van der Waals surface area (Å²) in [5, 5.41) is 7.72. The fourth-order valence-corrected chi connectivity index (χ4v) is 2.96. The van der Waals surface area contributed by atoms with Gasteiger partial charge >= 0.3 is 0 Å². The molecule has 0 aliphatic carbocycles. The van der Waals surface area contributed by atoms with Crippen LogP contribution in [0.15, 0.2) is 79.4 Å². The van der Waals surface area contributed by atoms with E-state index in [1.807, 2.05) is 83.5 Å². The molecule has 0 spiro atoms. The summed E-state index contributed by atoms with van der Waals surface area (Å²) in [5.41, 5.74) is 3.07. The highest BCUT2D eigenvalue weighted by molar-refractivity contribution is 5.63. The lowest BCUT2D eigenvalue weighted by Crippen LogP contribution is -2.11. The summed E-state index contributed by atoms with van der Waals surface area (Å²) < 4.78 is 7.07. The molecule has 0 saturated heterocycles. The van der Waals surface area contributed by atoms with Gasteiger partial charge in [0, 0.05) is 25.0 Å². The Bertz CT molecular complexity index is 1060. The Morgan fingerprint density at radius 3 is 2.59 bits per heavy atom. The zero-order chi connectivity index (χ0) is 20.1. The molecular weight excluding hydrogens is 364 g/mol. The molecule has 2 aromatic carbocycles. The van der Waals surface area contributed by atoms with Gasteiger partial charge in [-0.3, -0.25) is 4.68 Å². The van der Waals surface area contributed by atoms with Gasteiger partial charge in [0.2, 0.25) is 0 Å². The molecule has 7 heteroatoms. The van der Waals surface area contributed by atoms with Crippen molar-refractivity contribution < 1.29 is 4.74 Å². The molecule has 0 radical (unpaired) electrons. The molecule has 7 nitrogen and oxygen atoms in total. The van der Waals surface area contributed by atoms with Gasteiger partial charge in [-0.25, -0.2) is 9.97 Å². The smallest absolute Gasteiger partial charge is 0.138 e. The molecule has 0 amide bonds. The average Bonchev–Trinajstić information content (AvgIpc) is 3.21. The Morgan fingerprint density at radius 1 is 1.03 bits per heavy atom. The Hall–Kier alpha value is -3.87. The topological polar surface area (TPSA) is 68.1 Å². The highest BCUT2D eigenvalue weighted by atomic mass is 16.5. The first-order valence-corrected chi connectivity index (χ1v) is 9.24. The van der Waals surface area contributed by atoms with E-state index in [1.165, 1.54) is 0 Å². The monoisotopic (exact) mass is 386 g/mol. The van der Waals surface area contributed by atoms with Crippen molar-refractivity contribution in [3.63, 3.8) is 0 Å². The second kappa shape index (κ2) is 8.43. The number of nitrogens with zero attached hydrogens (tertiary/aromatic N) is 5. The lowest BCUT2D eigenvalue weighted by Gasteiger charge is -2.18. The predicted octanol–water partition coefficient (Wildman–Crippen LogP) is 4.24. The van der Waals surface area contributed by atoms with Crippen LogP contribution in [0.3, 0.4) is 0 Å². The first kappa shape index (κ1) is 18.5. The van der Waals surface area contributed by atoms with Gasteiger partial charge < -0.3 is 15.0 Å². The number of aromatic nitrogens is 4. The van der Waals surface area contributed by atoms with Crippen LogP contribution in [0.25, 0.3) is 0 Å². The van der Waals surface area contributed by atoms with Gasteiger partial charge in [0.25, 0.3) is 0 Å². The quantitative estimate of drug-likeness (QED) is 0.512. The Morgan fingerprint density at radius 2 is 1.83 bits per heavy atom. The lowest BCUT2D eigenvalue weighted by atomic mass is 10.2. The van der Waals surface area contributed by atoms with Crippen LogP contribution in [-0.2, 0) is 6.54 Å². The van der Waals surface area contributed by atoms with Gasteiger partial charge in [-0.15, -0.1) is 0 Å². The zero-order valence-electron chi connectivity index (χ0n) is 16.4. The minimum atomic E-state index is 0.678. The second-order valence-electron chi connectivity index (χ2n) is 6.56. The molecule has 0 atom stereocenters. The third-order valence-electron chi connectivity index (χ3n) is 4.55. The molecule has 4 rings (SSSR count). The largest absolute Gasteiger partial charge is 0.497 e. The van der Waals surface area contributed by atoms with Crippen LogP contribution in [0.1, 0.15) is 5.56 Å². The summed E-state index contributed by atoms with van der Waals surface area (Å²) >= 11 is 0.